The van der Waals surface area contributed by atoms with Crippen LogP contribution in [0.3, 0.4) is 0 Å². The van der Waals surface area contributed by atoms with Crippen molar-refractivity contribution in [3.05, 3.63) is 16.1 Å². The van der Waals surface area contributed by atoms with E-state index < -0.39 is 30.8 Å². The van der Waals surface area contributed by atoms with E-state index in [9.17, 15) is 31.4 Å². The number of rotatable bonds is 3. The van der Waals surface area contributed by atoms with Crippen LogP contribution in [-0.2, 0) is 11.8 Å². The lowest BCUT2D eigenvalue weighted by Crippen LogP contribution is -2.45. The van der Waals surface area contributed by atoms with Gasteiger partial charge in [0.2, 0.25) is 0 Å². The van der Waals surface area contributed by atoms with Crippen LogP contribution in [-0.4, -0.2) is 28.5 Å². The predicted molar refractivity (Wildman–Crippen MR) is 66.1 cm³/mol. The van der Waals surface area contributed by atoms with Crippen molar-refractivity contribution < 1.29 is 31.4 Å². The number of aliphatic hydroxyl groups excluding tert-OH is 1. The van der Waals surface area contributed by atoms with Crippen LogP contribution >= 0.6 is 11.3 Å². The molecule has 1 heterocycles. The van der Waals surface area contributed by atoms with Gasteiger partial charge in [-0.25, -0.2) is 4.98 Å². The first-order valence-corrected chi connectivity index (χ1v) is 6.87. The van der Waals surface area contributed by atoms with Crippen LogP contribution in [0.15, 0.2) is 5.38 Å². The largest absolute Gasteiger partial charge is 0.403 e. The minimum Gasteiger partial charge on any atom is -0.392 e. The third-order valence-corrected chi connectivity index (χ3v) is 3.67. The van der Waals surface area contributed by atoms with Crippen molar-refractivity contribution in [3.63, 3.8) is 0 Å². The SMILES string of the molecule is CC(C)(C)c1csc(CC(O)C(C(F)(F)F)C(F)(F)F)n1. The molecule has 0 spiro atoms. The molecule has 0 aliphatic carbocycles. The number of hydrogen-bond acceptors (Lipinski definition) is 3. The van der Waals surface area contributed by atoms with E-state index in [-0.39, 0.29) is 10.4 Å². The molecule has 1 aromatic heterocycles. The van der Waals surface area contributed by atoms with E-state index in [2.05, 4.69) is 4.98 Å². The van der Waals surface area contributed by atoms with E-state index in [0.29, 0.717) is 5.69 Å². The van der Waals surface area contributed by atoms with Gasteiger partial charge in [0.1, 0.15) is 0 Å². The van der Waals surface area contributed by atoms with E-state index >= 15 is 0 Å². The summed E-state index contributed by atoms with van der Waals surface area (Å²) in [6.07, 6.45) is -14.5. The van der Waals surface area contributed by atoms with Crippen molar-refractivity contribution in [3.8, 4) is 0 Å². The first-order valence-electron chi connectivity index (χ1n) is 5.99. The van der Waals surface area contributed by atoms with Gasteiger partial charge in [0.15, 0.2) is 5.92 Å². The lowest BCUT2D eigenvalue weighted by Gasteiger charge is -2.26. The molecule has 0 amide bonds. The van der Waals surface area contributed by atoms with Crippen LogP contribution in [0, 0.1) is 5.92 Å². The summed E-state index contributed by atoms with van der Waals surface area (Å²) in [5.41, 5.74) is 0.193. The van der Waals surface area contributed by atoms with Crippen LogP contribution in [0.5, 0.6) is 0 Å². The van der Waals surface area contributed by atoms with Crippen LogP contribution in [0.1, 0.15) is 31.5 Å². The molecule has 2 nitrogen and oxygen atoms in total. The smallest absolute Gasteiger partial charge is 0.392 e. The third-order valence-electron chi connectivity index (χ3n) is 2.79. The van der Waals surface area contributed by atoms with Gasteiger partial charge in [-0.05, 0) is 0 Å². The van der Waals surface area contributed by atoms with E-state index in [1.54, 1.807) is 5.38 Å². The fourth-order valence-electron chi connectivity index (χ4n) is 1.67. The minimum absolute atomic E-state index is 0.0472. The first kappa shape index (κ1) is 18.2. The van der Waals surface area contributed by atoms with Gasteiger partial charge in [0.05, 0.1) is 16.8 Å². The molecule has 0 saturated carbocycles. The Morgan fingerprint density at radius 1 is 1.10 bits per heavy atom. The van der Waals surface area contributed by atoms with Crippen LogP contribution in [0.25, 0.3) is 0 Å². The predicted octanol–water partition coefficient (Wildman–Crippen LogP) is 4.08. The highest BCUT2D eigenvalue weighted by Crippen LogP contribution is 2.42. The second kappa shape index (κ2) is 5.75. The minimum atomic E-state index is -5.55. The fraction of sp³-hybridized carbons (Fsp3) is 0.750. The van der Waals surface area contributed by atoms with E-state index in [4.69, 9.17) is 0 Å². The molecule has 1 N–H and O–H groups in total. The number of nitrogens with zero attached hydrogens (tertiary/aromatic N) is 1. The van der Waals surface area contributed by atoms with Crippen molar-refractivity contribution in [1.29, 1.82) is 0 Å². The third kappa shape index (κ3) is 4.84. The summed E-state index contributed by atoms with van der Waals surface area (Å²) in [6.45, 7) is 5.45. The standard InChI is InChI=1S/C12H15F6NOS/c1-10(2,3)7-5-21-8(19-7)4-6(20)9(11(13,14)15)12(16,17)18/h5-6,9,20H,4H2,1-3H3. The molecule has 1 atom stereocenters. The van der Waals surface area contributed by atoms with Gasteiger partial charge in [0, 0.05) is 17.2 Å². The van der Waals surface area contributed by atoms with Crippen LogP contribution in [0.2, 0.25) is 0 Å². The summed E-state index contributed by atoms with van der Waals surface area (Å²) < 4.78 is 74.8. The topological polar surface area (TPSA) is 33.1 Å². The zero-order valence-electron chi connectivity index (χ0n) is 11.5. The normalized spacial score (nSPS) is 15.6. The van der Waals surface area contributed by atoms with E-state index in [0.717, 1.165) is 11.3 Å². The number of halogens is 6. The Kier molecular flexibility index (Phi) is 4.99. The molecule has 0 bridgehead atoms. The highest BCUT2D eigenvalue weighted by Gasteiger charge is 2.60. The van der Waals surface area contributed by atoms with Gasteiger partial charge in [-0.1, -0.05) is 20.8 Å². The zero-order valence-corrected chi connectivity index (χ0v) is 12.3. The number of hydrogen-bond donors (Lipinski definition) is 1. The van der Waals surface area contributed by atoms with Crippen molar-refractivity contribution in [2.75, 3.05) is 0 Å². The van der Waals surface area contributed by atoms with Gasteiger partial charge in [-0.15, -0.1) is 11.3 Å². The van der Waals surface area contributed by atoms with Gasteiger partial charge < -0.3 is 5.11 Å². The highest BCUT2D eigenvalue weighted by atomic mass is 32.1. The molecule has 1 unspecified atom stereocenters. The molecule has 21 heavy (non-hydrogen) atoms. The Balaban J connectivity index is 2.93. The summed E-state index contributed by atoms with van der Waals surface area (Å²) in [5.74, 6) is -3.77. The summed E-state index contributed by atoms with van der Waals surface area (Å²) in [7, 11) is 0. The number of thiazole rings is 1. The molecule has 0 aliphatic heterocycles. The first-order chi connectivity index (χ1) is 9.23. The van der Waals surface area contributed by atoms with Crippen molar-refractivity contribution in [2.24, 2.45) is 5.92 Å². The molecular formula is C12H15F6NOS. The molecule has 1 aromatic rings. The maximum absolute atomic E-state index is 12.5. The van der Waals surface area contributed by atoms with Crippen molar-refractivity contribution in [2.45, 2.75) is 51.1 Å². The lowest BCUT2D eigenvalue weighted by atomic mass is 9.93. The van der Waals surface area contributed by atoms with E-state index in [1.165, 1.54) is 0 Å². The molecule has 0 saturated heterocycles. The van der Waals surface area contributed by atoms with Crippen molar-refractivity contribution in [1.82, 2.24) is 4.98 Å². The average molecular weight is 335 g/mol. The second-order valence-corrected chi connectivity index (χ2v) is 6.65. The molecular weight excluding hydrogens is 320 g/mol. The maximum atomic E-state index is 12.5. The average Bonchev–Trinajstić information content (AvgIpc) is 2.59. The molecule has 9 heteroatoms. The Bertz CT molecular complexity index is 459. The summed E-state index contributed by atoms with van der Waals surface area (Å²) in [6, 6.07) is 0. The maximum Gasteiger partial charge on any atom is 0.403 e. The Labute approximate surface area is 121 Å². The summed E-state index contributed by atoms with van der Waals surface area (Å²) in [5, 5.41) is 11.0. The zero-order chi connectivity index (χ0) is 16.6. The lowest BCUT2D eigenvalue weighted by molar-refractivity contribution is -0.305. The molecule has 0 radical (unpaired) electrons. The number of aromatic nitrogens is 1. The van der Waals surface area contributed by atoms with Gasteiger partial charge in [-0.2, -0.15) is 26.3 Å². The summed E-state index contributed by atoms with van der Waals surface area (Å²) >= 11 is 0.938. The second-order valence-electron chi connectivity index (χ2n) is 5.71. The van der Waals surface area contributed by atoms with Crippen LogP contribution < -0.4 is 0 Å². The number of alkyl halides is 6. The van der Waals surface area contributed by atoms with Gasteiger partial charge >= 0.3 is 12.4 Å². The Hall–Kier alpha value is -0.830. The quantitative estimate of drug-likeness (QED) is 0.844. The fourth-order valence-corrected chi connectivity index (χ4v) is 2.74. The van der Waals surface area contributed by atoms with Crippen molar-refractivity contribution >= 4 is 11.3 Å². The highest BCUT2D eigenvalue weighted by molar-refractivity contribution is 7.09. The van der Waals surface area contributed by atoms with Gasteiger partial charge in [0.25, 0.3) is 0 Å². The molecule has 122 valence electrons. The molecule has 0 aliphatic rings. The molecule has 0 aromatic carbocycles. The summed E-state index contributed by atoms with van der Waals surface area (Å²) in [4.78, 5) is 3.99. The monoisotopic (exact) mass is 335 g/mol. The van der Waals surface area contributed by atoms with Gasteiger partial charge in [-0.3, -0.25) is 0 Å². The number of aliphatic hydroxyl groups is 1. The van der Waals surface area contributed by atoms with E-state index in [1.807, 2.05) is 20.8 Å². The molecule has 0 fully saturated rings. The van der Waals surface area contributed by atoms with Crippen LogP contribution in [0.4, 0.5) is 26.3 Å². The Morgan fingerprint density at radius 3 is 1.90 bits per heavy atom. The molecule has 1 rings (SSSR count). The Morgan fingerprint density at radius 2 is 1.57 bits per heavy atom.